The molecule has 1 atom stereocenters. The highest BCUT2D eigenvalue weighted by Gasteiger charge is 2.22. The summed E-state index contributed by atoms with van der Waals surface area (Å²) in [6, 6.07) is 6.77. The van der Waals surface area contributed by atoms with Crippen molar-refractivity contribution in [2.45, 2.75) is 32.4 Å². The summed E-state index contributed by atoms with van der Waals surface area (Å²) in [7, 11) is 1.71. The van der Waals surface area contributed by atoms with Gasteiger partial charge in [-0.3, -0.25) is 4.90 Å². The molecule has 0 radical (unpaired) electrons. The summed E-state index contributed by atoms with van der Waals surface area (Å²) in [5.41, 5.74) is 1.08. The molecule has 2 aromatic rings. The Kier molecular flexibility index (Phi) is 6.44. The van der Waals surface area contributed by atoms with E-state index in [2.05, 4.69) is 29.3 Å². The van der Waals surface area contributed by atoms with Crippen LogP contribution in [0.15, 0.2) is 18.2 Å². The first-order valence-corrected chi connectivity index (χ1v) is 8.50. The fourth-order valence-corrected chi connectivity index (χ4v) is 3.97. The van der Waals surface area contributed by atoms with Crippen LogP contribution in [0.5, 0.6) is 5.75 Å². The molecule has 0 saturated carbocycles. The number of halogens is 1. The Balaban J connectivity index is 0.00000176. The zero-order valence-electron chi connectivity index (χ0n) is 13.2. The maximum Gasteiger partial charge on any atom is 0.120 e. The third-order valence-electron chi connectivity index (χ3n) is 4.04. The van der Waals surface area contributed by atoms with Crippen LogP contribution >= 0.6 is 23.7 Å². The predicted molar refractivity (Wildman–Crippen MR) is 95.4 cm³/mol. The molecule has 3 rings (SSSR count). The summed E-state index contributed by atoms with van der Waals surface area (Å²) in [6.45, 7) is 6.60. The van der Waals surface area contributed by atoms with Crippen molar-refractivity contribution in [2.24, 2.45) is 0 Å². The number of fused-ring (bicyclic) bond motifs is 1. The van der Waals surface area contributed by atoms with Crippen LogP contribution in [0.3, 0.4) is 0 Å². The maximum absolute atomic E-state index is 5.29. The summed E-state index contributed by atoms with van der Waals surface area (Å²) < 4.78 is 6.51. The minimum atomic E-state index is 0. The maximum atomic E-state index is 5.29. The molecule has 1 N–H and O–H groups in total. The number of nitrogens with zero attached hydrogens (tertiary/aromatic N) is 2. The smallest absolute Gasteiger partial charge is 0.120 e. The highest BCUT2D eigenvalue weighted by molar-refractivity contribution is 7.18. The first-order chi connectivity index (χ1) is 10.3. The third kappa shape index (κ3) is 3.90. The van der Waals surface area contributed by atoms with Gasteiger partial charge in [0.05, 0.1) is 23.9 Å². The number of hydrogen-bond donors (Lipinski definition) is 1. The Morgan fingerprint density at radius 2 is 2.32 bits per heavy atom. The van der Waals surface area contributed by atoms with Crippen LogP contribution in [0.4, 0.5) is 0 Å². The Labute approximate surface area is 142 Å². The van der Waals surface area contributed by atoms with Gasteiger partial charge in [-0.25, -0.2) is 4.98 Å². The summed E-state index contributed by atoms with van der Waals surface area (Å²) in [5.74, 6) is 0.906. The molecule has 1 aliphatic rings. The van der Waals surface area contributed by atoms with Crippen LogP contribution < -0.4 is 10.1 Å². The van der Waals surface area contributed by atoms with E-state index in [0.29, 0.717) is 6.04 Å². The molecule has 122 valence electrons. The number of benzene rings is 1. The molecule has 0 amide bonds. The highest BCUT2D eigenvalue weighted by atomic mass is 35.5. The first-order valence-electron chi connectivity index (χ1n) is 7.68. The van der Waals surface area contributed by atoms with Gasteiger partial charge in [0.2, 0.25) is 0 Å². The van der Waals surface area contributed by atoms with Crippen LogP contribution in [0.1, 0.15) is 24.8 Å². The molecule has 1 fully saturated rings. The van der Waals surface area contributed by atoms with Crippen molar-refractivity contribution in [3.05, 3.63) is 23.2 Å². The average Bonchev–Trinajstić information content (AvgIpc) is 3.15. The molecule has 4 nitrogen and oxygen atoms in total. The van der Waals surface area contributed by atoms with Gasteiger partial charge in [-0.2, -0.15) is 0 Å². The molecule has 22 heavy (non-hydrogen) atoms. The van der Waals surface area contributed by atoms with Gasteiger partial charge in [-0.1, -0.05) is 6.92 Å². The summed E-state index contributed by atoms with van der Waals surface area (Å²) >= 11 is 1.79. The Hall–Kier alpha value is -0.880. The van der Waals surface area contributed by atoms with E-state index in [0.717, 1.165) is 37.4 Å². The quantitative estimate of drug-likeness (QED) is 0.874. The number of aromatic nitrogens is 1. The molecular formula is C16H24ClN3OS. The van der Waals surface area contributed by atoms with Gasteiger partial charge in [0.25, 0.3) is 0 Å². The lowest BCUT2D eigenvalue weighted by Crippen LogP contribution is -2.36. The minimum absolute atomic E-state index is 0. The summed E-state index contributed by atoms with van der Waals surface area (Å²) in [4.78, 5) is 7.36. The minimum Gasteiger partial charge on any atom is -0.497 e. The second-order valence-corrected chi connectivity index (χ2v) is 6.67. The van der Waals surface area contributed by atoms with Gasteiger partial charge in [0.1, 0.15) is 10.8 Å². The average molecular weight is 342 g/mol. The van der Waals surface area contributed by atoms with Crippen LogP contribution in [0, 0.1) is 0 Å². The Bertz CT molecular complexity index is 598. The van der Waals surface area contributed by atoms with E-state index in [-0.39, 0.29) is 12.4 Å². The van der Waals surface area contributed by atoms with Crippen LogP contribution in [0.2, 0.25) is 0 Å². The van der Waals surface area contributed by atoms with E-state index in [1.807, 2.05) is 6.07 Å². The molecule has 1 aromatic carbocycles. The van der Waals surface area contributed by atoms with E-state index < -0.39 is 0 Å². The van der Waals surface area contributed by atoms with Gasteiger partial charge in [0.15, 0.2) is 0 Å². The predicted octanol–water partition coefficient (Wildman–Crippen LogP) is 3.30. The number of ether oxygens (including phenoxy) is 1. The molecule has 0 bridgehead atoms. The topological polar surface area (TPSA) is 37.4 Å². The van der Waals surface area contributed by atoms with Crippen molar-refractivity contribution in [2.75, 3.05) is 26.7 Å². The largest absolute Gasteiger partial charge is 0.497 e. The van der Waals surface area contributed by atoms with Crippen molar-refractivity contribution in [1.29, 1.82) is 0 Å². The van der Waals surface area contributed by atoms with E-state index in [1.165, 1.54) is 22.5 Å². The van der Waals surface area contributed by atoms with Crippen LogP contribution in [0.25, 0.3) is 10.2 Å². The van der Waals surface area contributed by atoms with E-state index in [4.69, 9.17) is 9.72 Å². The lowest BCUT2D eigenvalue weighted by molar-refractivity contribution is 0.199. The van der Waals surface area contributed by atoms with Crippen molar-refractivity contribution >= 4 is 34.0 Å². The second kappa shape index (κ2) is 8.11. The number of nitrogens with one attached hydrogen (secondary N) is 1. The van der Waals surface area contributed by atoms with Crippen molar-refractivity contribution in [1.82, 2.24) is 15.2 Å². The Morgan fingerprint density at radius 3 is 3.00 bits per heavy atom. The molecule has 6 heteroatoms. The zero-order chi connectivity index (χ0) is 14.7. The SMILES string of the molecule is CCCN(Cc1nc2ccc(OC)cc2s1)C1CCNC1.Cl. The van der Waals surface area contributed by atoms with Crippen molar-refractivity contribution < 1.29 is 4.74 Å². The summed E-state index contributed by atoms with van der Waals surface area (Å²) in [6.07, 6.45) is 2.44. The van der Waals surface area contributed by atoms with Crippen LogP contribution in [-0.2, 0) is 6.54 Å². The molecular weight excluding hydrogens is 318 g/mol. The van der Waals surface area contributed by atoms with E-state index >= 15 is 0 Å². The van der Waals surface area contributed by atoms with Crippen molar-refractivity contribution in [3.63, 3.8) is 0 Å². The Morgan fingerprint density at radius 1 is 1.45 bits per heavy atom. The molecule has 1 saturated heterocycles. The van der Waals surface area contributed by atoms with Gasteiger partial charge in [-0.05, 0) is 44.1 Å². The molecule has 1 aromatic heterocycles. The normalized spacial score (nSPS) is 17.9. The molecule has 1 unspecified atom stereocenters. The van der Waals surface area contributed by atoms with Gasteiger partial charge < -0.3 is 10.1 Å². The number of methoxy groups -OCH3 is 1. The lowest BCUT2D eigenvalue weighted by Gasteiger charge is -2.26. The number of hydrogen-bond acceptors (Lipinski definition) is 5. The van der Waals surface area contributed by atoms with E-state index in [1.54, 1.807) is 18.4 Å². The highest BCUT2D eigenvalue weighted by Crippen LogP contribution is 2.27. The molecule has 0 spiro atoms. The number of thiazole rings is 1. The van der Waals surface area contributed by atoms with Crippen LogP contribution in [-0.4, -0.2) is 42.7 Å². The standard InChI is InChI=1S/C16H23N3OS.ClH/c1-3-8-19(12-6-7-17-10-12)11-16-18-14-5-4-13(20-2)9-15(14)21-16;/h4-5,9,12,17H,3,6-8,10-11H2,1-2H3;1H. The van der Waals surface area contributed by atoms with Gasteiger partial charge in [0, 0.05) is 12.6 Å². The molecule has 1 aliphatic heterocycles. The first kappa shape index (κ1) is 17.5. The molecule has 2 heterocycles. The fourth-order valence-electron chi connectivity index (χ4n) is 2.95. The third-order valence-corrected chi connectivity index (χ3v) is 5.04. The fraction of sp³-hybridized carbons (Fsp3) is 0.562. The van der Waals surface area contributed by atoms with E-state index in [9.17, 15) is 0 Å². The zero-order valence-corrected chi connectivity index (χ0v) is 14.8. The lowest BCUT2D eigenvalue weighted by atomic mass is 10.2. The number of rotatable bonds is 6. The van der Waals surface area contributed by atoms with Crippen molar-refractivity contribution in [3.8, 4) is 5.75 Å². The molecule has 0 aliphatic carbocycles. The summed E-state index contributed by atoms with van der Waals surface area (Å²) in [5, 5.41) is 4.67. The van der Waals surface area contributed by atoms with Gasteiger partial charge >= 0.3 is 0 Å². The van der Waals surface area contributed by atoms with Gasteiger partial charge in [-0.15, -0.1) is 23.7 Å². The second-order valence-electron chi connectivity index (χ2n) is 5.56. The monoisotopic (exact) mass is 341 g/mol.